The fraction of sp³-hybridized carbons (Fsp3) is 0.562. The number of alkyl halides is 3. The molecule has 0 bridgehead atoms. The number of allylic oxidation sites excluding steroid dienone is 4. The lowest BCUT2D eigenvalue weighted by atomic mass is 9.87. The number of halogens is 3. The fourth-order valence-electron chi connectivity index (χ4n) is 2.10. The van der Waals surface area contributed by atoms with Gasteiger partial charge in [0.25, 0.3) is 0 Å². The number of nitrogens with one attached hydrogen (secondary N) is 1. The van der Waals surface area contributed by atoms with E-state index in [2.05, 4.69) is 16.9 Å². The molecule has 0 radical (unpaired) electrons. The van der Waals surface area contributed by atoms with Crippen molar-refractivity contribution in [3.05, 3.63) is 36.1 Å². The Morgan fingerprint density at radius 1 is 1.36 bits per heavy atom. The van der Waals surface area contributed by atoms with Crippen LogP contribution in [0.5, 0.6) is 0 Å². The van der Waals surface area contributed by atoms with Gasteiger partial charge in [-0.15, -0.1) is 0 Å². The normalized spacial score (nSPS) is 17.0. The van der Waals surface area contributed by atoms with Crippen molar-refractivity contribution in [1.82, 2.24) is 5.32 Å². The molecule has 0 amide bonds. The molecule has 1 atom stereocenters. The van der Waals surface area contributed by atoms with E-state index < -0.39 is 18.2 Å². The van der Waals surface area contributed by atoms with Gasteiger partial charge in [0.2, 0.25) is 0 Å². The van der Waals surface area contributed by atoms with Crippen molar-refractivity contribution in [2.24, 2.45) is 10.9 Å². The molecule has 0 saturated carbocycles. The second kappa shape index (κ2) is 8.78. The molecular weight excluding hydrogens is 293 g/mol. The van der Waals surface area contributed by atoms with E-state index in [1.54, 1.807) is 27.0 Å². The Balaban J connectivity index is 5.55. The van der Waals surface area contributed by atoms with Crippen LogP contribution in [0.1, 0.15) is 26.7 Å². The summed E-state index contributed by atoms with van der Waals surface area (Å²) in [6.45, 7) is 6.84. The predicted octanol–water partition coefficient (Wildman–Crippen LogP) is 3.63. The zero-order valence-electron chi connectivity index (χ0n) is 13.5. The number of hydrogen-bond donors (Lipinski definition) is 2. The van der Waals surface area contributed by atoms with E-state index in [4.69, 9.17) is 0 Å². The summed E-state index contributed by atoms with van der Waals surface area (Å²) in [6, 6.07) is 0. The Labute approximate surface area is 130 Å². The highest BCUT2D eigenvalue weighted by atomic mass is 19.4. The van der Waals surface area contributed by atoms with Crippen LogP contribution >= 0.6 is 0 Å². The van der Waals surface area contributed by atoms with Crippen molar-refractivity contribution in [3.63, 3.8) is 0 Å². The molecule has 6 heteroatoms. The fourth-order valence-corrected chi connectivity index (χ4v) is 2.10. The molecule has 0 rings (SSSR count). The number of rotatable bonds is 8. The zero-order valence-corrected chi connectivity index (χ0v) is 13.5. The van der Waals surface area contributed by atoms with Gasteiger partial charge in [-0.3, -0.25) is 4.99 Å². The smallest absolute Gasteiger partial charge is 0.391 e. The van der Waals surface area contributed by atoms with Gasteiger partial charge in [0.1, 0.15) is 0 Å². The number of nitrogens with zero attached hydrogens (tertiary/aromatic N) is 1. The summed E-state index contributed by atoms with van der Waals surface area (Å²) in [5.74, 6) is -0.287. The molecule has 0 fully saturated rings. The van der Waals surface area contributed by atoms with Gasteiger partial charge in [0.15, 0.2) is 5.60 Å². The van der Waals surface area contributed by atoms with Crippen LogP contribution in [0.15, 0.2) is 41.1 Å². The van der Waals surface area contributed by atoms with E-state index in [0.717, 1.165) is 0 Å². The molecule has 126 valence electrons. The molecular formula is C16H25F3N2O. The minimum absolute atomic E-state index is 0.272. The highest BCUT2D eigenvalue weighted by molar-refractivity contribution is 5.82. The Morgan fingerprint density at radius 2 is 1.95 bits per heavy atom. The molecule has 0 heterocycles. The number of aliphatic hydroxyl groups is 1. The first-order valence-corrected chi connectivity index (χ1v) is 7.02. The van der Waals surface area contributed by atoms with E-state index in [1.165, 1.54) is 25.4 Å². The van der Waals surface area contributed by atoms with Crippen LogP contribution < -0.4 is 5.32 Å². The molecule has 0 saturated heterocycles. The molecule has 0 aliphatic heterocycles. The SMILES string of the molecule is C=C/C=C(C=NC)/C=C(/CC(O)(CC(C)C)C(F)(F)F)NC. The van der Waals surface area contributed by atoms with E-state index in [0.29, 0.717) is 5.57 Å². The Morgan fingerprint density at radius 3 is 2.32 bits per heavy atom. The third-order valence-corrected chi connectivity index (χ3v) is 3.01. The van der Waals surface area contributed by atoms with Crippen LogP contribution in [0.4, 0.5) is 13.2 Å². The summed E-state index contributed by atoms with van der Waals surface area (Å²) < 4.78 is 39.7. The topological polar surface area (TPSA) is 44.6 Å². The molecule has 0 spiro atoms. The first-order valence-electron chi connectivity index (χ1n) is 7.02. The second-order valence-electron chi connectivity index (χ2n) is 5.51. The van der Waals surface area contributed by atoms with E-state index >= 15 is 0 Å². The Bertz CT molecular complexity index is 451. The molecule has 22 heavy (non-hydrogen) atoms. The minimum Gasteiger partial charge on any atom is -0.391 e. The molecule has 0 aromatic carbocycles. The molecule has 1 unspecified atom stereocenters. The third kappa shape index (κ3) is 6.47. The molecule has 0 aliphatic carbocycles. The highest BCUT2D eigenvalue weighted by Crippen LogP contribution is 2.39. The lowest BCUT2D eigenvalue weighted by Crippen LogP contribution is -2.47. The molecule has 0 aromatic heterocycles. The maximum absolute atomic E-state index is 13.2. The summed E-state index contributed by atoms with van der Waals surface area (Å²) in [4.78, 5) is 3.84. The van der Waals surface area contributed by atoms with Crippen LogP contribution in [-0.2, 0) is 0 Å². The lowest BCUT2D eigenvalue weighted by Gasteiger charge is -2.33. The standard InChI is InChI=1S/C16H25F3N2O/c1-6-7-13(11-20-4)8-14(21-5)10-15(22,9-12(2)3)16(17,18)19/h6-8,11-12,21-22H,1,9-10H2,2-5H3/b13-7-,14-8-,20-11?. The number of hydrogen-bond acceptors (Lipinski definition) is 3. The third-order valence-electron chi connectivity index (χ3n) is 3.01. The highest BCUT2D eigenvalue weighted by Gasteiger charge is 2.53. The van der Waals surface area contributed by atoms with Crippen LogP contribution in [-0.4, -0.2) is 37.2 Å². The average Bonchev–Trinajstić information content (AvgIpc) is 2.36. The summed E-state index contributed by atoms with van der Waals surface area (Å²) in [5, 5.41) is 12.8. The largest absolute Gasteiger partial charge is 0.417 e. The van der Waals surface area contributed by atoms with Crippen molar-refractivity contribution in [3.8, 4) is 0 Å². The average molecular weight is 318 g/mol. The second-order valence-corrected chi connectivity index (χ2v) is 5.51. The van der Waals surface area contributed by atoms with Crippen LogP contribution in [0.3, 0.4) is 0 Å². The maximum Gasteiger partial charge on any atom is 0.417 e. The van der Waals surface area contributed by atoms with Gasteiger partial charge in [-0.1, -0.05) is 32.6 Å². The zero-order chi connectivity index (χ0) is 17.4. The van der Waals surface area contributed by atoms with Gasteiger partial charge >= 0.3 is 6.18 Å². The predicted molar refractivity (Wildman–Crippen MR) is 84.9 cm³/mol. The van der Waals surface area contributed by atoms with Crippen LogP contribution in [0, 0.1) is 5.92 Å². The van der Waals surface area contributed by atoms with Gasteiger partial charge in [-0.05, 0) is 24.0 Å². The van der Waals surface area contributed by atoms with Gasteiger partial charge in [-0.2, -0.15) is 13.2 Å². The van der Waals surface area contributed by atoms with E-state index in [-0.39, 0.29) is 18.0 Å². The van der Waals surface area contributed by atoms with E-state index in [1.807, 2.05) is 0 Å². The maximum atomic E-state index is 13.2. The van der Waals surface area contributed by atoms with Gasteiger partial charge in [-0.25, -0.2) is 0 Å². The van der Waals surface area contributed by atoms with Crippen molar-refractivity contribution in [1.29, 1.82) is 0 Å². The first kappa shape index (κ1) is 20.4. The minimum atomic E-state index is -4.70. The summed E-state index contributed by atoms with van der Waals surface area (Å²) in [7, 11) is 3.08. The van der Waals surface area contributed by atoms with Crippen molar-refractivity contribution in [2.75, 3.05) is 14.1 Å². The molecule has 0 aliphatic rings. The first-order chi connectivity index (χ1) is 10.1. The molecule has 3 nitrogen and oxygen atoms in total. The quantitative estimate of drug-likeness (QED) is 0.530. The van der Waals surface area contributed by atoms with Crippen molar-refractivity contribution < 1.29 is 18.3 Å². The lowest BCUT2D eigenvalue weighted by molar-refractivity contribution is -0.265. The number of aliphatic imine (C=N–C) groups is 1. The van der Waals surface area contributed by atoms with Gasteiger partial charge in [0.05, 0.1) is 0 Å². The summed E-state index contributed by atoms with van der Waals surface area (Å²) >= 11 is 0. The molecule has 0 aromatic rings. The van der Waals surface area contributed by atoms with Crippen LogP contribution in [0.25, 0.3) is 0 Å². The van der Waals surface area contributed by atoms with Gasteiger partial charge in [0, 0.05) is 32.4 Å². The van der Waals surface area contributed by atoms with Gasteiger partial charge < -0.3 is 10.4 Å². The van der Waals surface area contributed by atoms with Crippen molar-refractivity contribution >= 4 is 6.21 Å². The van der Waals surface area contributed by atoms with Crippen LogP contribution in [0.2, 0.25) is 0 Å². The Kier molecular flexibility index (Phi) is 8.16. The van der Waals surface area contributed by atoms with E-state index in [9.17, 15) is 18.3 Å². The summed E-state index contributed by atoms with van der Waals surface area (Å²) in [6.07, 6.45) is 0.563. The molecule has 2 N–H and O–H groups in total. The van der Waals surface area contributed by atoms with Crippen molar-refractivity contribution in [2.45, 2.75) is 38.5 Å². The summed E-state index contributed by atoms with van der Waals surface area (Å²) in [5.41, 5.74) is -1.90. The Hall–Kier alpha value is -1.56. The monoisotopic (exact) mass is 318 g/mol.